The molecule has 1 rings (SSSR count). The van der Waals surface area contributed by atoms with Crippen LogP contribution >= 0.6 is 0 Å². The predicted octanol–water partition coefficient (Wildman–Crippen LogP) is -0.352. The second kappa shape index (κ2) is 1.99. The van der Waals surface area contributed by atoms with E-state index in [1.807, 2.05) is 18.5 Å². The summed E-state index contributed by atoms with van der Waals surface area (Å²) in [4.78, 5) is 3.95. The van der Waals surface area contributed by atoms with Gasteiger partial charge in [0.05, 0.1) is 0 Å². The fourth-order valence-electron chi connectivity index (χ4n) is 0.543. The molecule has 1 aromatic heterocycles. The van der Waals surface area contributed by atoms with Gasteiger partial charge >= 0.3 is 0 Å². The summed E-state index contributed by atoms with van der Waals surface area (Å²) < 4.78 is 0. The van der Waals surface area contributed by atoms with Crippen molar-refractivity contribution in [1.82, 2.24) is 4.98 Å². The van der Waals surface area contributed by atoms with Crippen LogP contribution in [0.25, 0.3) is 0 Å². The number of rotatable bonds is 0. The lowest BCUT2D eigenvalue weighted by atomic mass is 9.93. The zero-order valence-electron chi connectivity index (χ0n) is 5.18. The van der Waals surface area contributed by atoms with Gasteiger partial charge in [0.1, 0.15) is 7.85 Å². The van der Waals surface area contributed by atoms with Crippen LogP contribution < -0.4 is 5.46 Å². The SMILES string of the molecule is Bc1ccncc1C. The average Bonchev–Trinajstić information content (AvgIpc) is 1.77. The van der Waals surface area contributed by atoms with Crippen molar-refractivity contribution in [2.24, 2.45) is 0 Å². The molecule has 0 N–H and O–H groups in total. The molecule has 0 unspecified atom stereocenters. The minimum atomic E-state index is 1.26. The number of nitrogens with zero attached hydrogens (tertiary/aromatic N) is 1. The van der Waals surface area contributed by atoms with E-state index in [4.69, 9.17) is 0 Å². The normalized spacial score (nSPS) is 9.12. The van der Waals surface area contributed by atoms with Crippen molar-refractivity contribution in [3.63, 3.8) is 0 Å². The summed E-state index contributed by atoms with van der Waals surface area (Å²) in [6, 6.07) is 2.01. The molecule has 1 heterocycles. The minimum Gasteiger partial charge on any atom is -0.265 e. The lowest BCUT2D eigenvalue weighted by Gasteiger charge is -1.92. The quantitative estimate of drug-likeness (QED) is 0.411. The summed E-state index contributed by atoms with van der Waals surface area (Å²) in [5.41, 5.74) is 2.56. The molecule has 0 saturated carbocycles. The molecule has 0 bridgehead atoms. The Labute approximate surface area is 50.2 Å². The first-order chi connectivity index (χ1) is 3.80. The molecule has 40 valence electrons. The smallest absolute Gasteiger partial charge is 0.139 e. The van der Waals surface area contributed by atoms with Gasteiger partial charge in [-0.05, 0) is 18.6 Å². The van der Waals surface area contributed by atoms with Gasteiger partial charge in [0.15, 0.2) is 0 Å². The molecule has 0 saturated heterocycles. The summed E-state index contributed by atoms with van der Waals surface area (Å²) in [7, 11) is 2.08. The van der Waals surface area contributed by atoms with Gasteiger partial charge in [0.25, 0.3) is 0 Å². The lowest BCUT2D eigenvalue weighted by molar-refractivity contribution is 1.29. The van der Waals surface area contributed by atoms with Crippen LogP contribution in [-0.2, 0) is 0 Å². The van der Waals surface area contributed by atoms with E-state index in [-0.39, 0.29) is 0 Å². The third-order valence-electron chi connectivity index (χ3n) is 1.30. The molecule has 0 aromatic carbocycles. The number of aryl methyl sites for hydroxylation is 1. The highest BCUT2D eigenvalue weighted by molar-refractivity contribution is 6.33. The van der Waals surface area contributed by atoms with Crippen molar-refractivity contribution in [2.75, 3.05) is 0 Å². The Hall–Kier alpha value is -0.785. The van der Waals surface area contributed by atoms with Gasteiger partial charge in [-0.15, -0.1) is 0 Å². The van der Waals surface area contributed by atoms with Gasteiger partial charge < -0.3 is 0 Å². The molecule has 0 fully saturated rings. The fourth-order valence-corrected chi connectivity index (χ4v) is 0.543. The average molecular weight is 105 g/mol. The Balaban J connectivity index is 3.13. The third-order valence-corrected chi connectivity index (χ3v) is 1.30. The van der Waals surface area contributed by atoms with E-state index in [2.05, 4.69) is 19.8 Å². The van der Waals surface area contributed by atoms with Crippen LogP contribution in [0, 0.1) is 6.92 Å². The van der Waals surface area contributed by atoms with Crippen LogP contribution in [0.5, 0.6) is 0 Å². The molecule has 1 aromatic rings. The largest absolute Gasteiger partial charge is 0.265 e. The maximum absolute atomic E-state index is 3.95. The first kappa shape index (κ1) is 5.35. The second-order valence-corrected chi connectivity index (χ2v) is 1.96. The number of hydrogen-bond acceptors (Lipinski definition) is 1. The Morgan fingerprint density at radius 2 is 2.38 bits per heavy atom. The van der Waals surface area contributed by atoms with E-state index in [1.54, 1.807) is 0 Å². The Bertz CT molecular complexity index is 165. The van der Waals surface area contributed by atoms with Gasteiger partial charge in [-0.3, -0.25) is 4.98 Å². The van der Waals surface area contributed by atoms with Crippen molar-refractivity contribution in [3.05, 3.63) is 24.0 Å². The second-order valence-electron chi connectivity index (χ2n) is 1.96. The predicted molar refractivity (Wildman–Crippen MR) is 37.2 cm³/mol. The van der Waals surface area contributed by atoms with Crippen LogP contribution in [0.1, 0.15) is 5.56 Å². The van der Waals surface area contributed by atoms with Crippen molar-refractivity contribution in [3.8, 4) is 0 Å². The zero-order valence-corrected chi connectivity index (χ0v) is 5.18. The van der Waals surface area contributed by atoms with E-state index in [9.17, 15) is 0 Å². The van der Waals surface area contributed by atoms with Crippen LogP contribution in [-0.4, -0.2) is 12.8 Å². The van der Waals surface area contributed by atoms with Gasteiger partial charge in [0.2, 0.25) is 0 Å². The standard InChI is InChI=1S/C6H8BN/c1-5-4-8-3-2-6(5)7/h2-4H,7H2,1H3. The molecule has 0 spiro atoms. The molecule has 0 aliphatic rings. The molecule has 1 nitrogen and oxygen atoms in total. The molecular formula is C6H8BN. The Morgan fingerprint density at radius 1 is 1.62 bits per heavy atom. The monoisotopic (exact) mass is 105 g/mol. The topological polar surface area (TPSA) is 12.9 Å². The van der Waals surface area contributed by atoms with E-state index in [1.165, 1.54) is 11.0 Å². The molecule has 0 atom stereocenters. The lowest BCUT2D eigenvalue weighted by Crippen LogP contribution is -2.05. The van der Waals surface area contributed by atoms with Crippen molar-refractivity contribution >= 4 is 13.3 Å². The zero-order chi connectivity index (χ0) is 5.98. The van der Waals surface area contributed by atoms with E-state index in [0.29, 0.717) is 0 Å². The van der Waals surface area contributed by atoms with Gasteiger partial charge in [-0.1, -0.05) is 5.46 Å². The summed E-state index contributed by atoms with van der Waals surface area (Å²) >= 11 is 0. The molecule has 0 aliphatic carbocycles. The molecule has 0 aliphatic heterocycles. The summed E-state index contributed by atoms with van der Waals surface area (Å²) in [6.45, 7) is 2.06. The highest BCUT2D eigenvalue weighted by Crippen LogP contribution is 1.84. The van der Waals surface area contributed by atoms with Gasteiger partial charge in [-0.25, -0.2) is 0 Å². The summed E-state index contributed by atoms with van der Waals surface area (Å²) in [6.07, 6.45) is 3.68. The first-order valence-electron chi connectivity index (χ1n) is 2.68. The number of aromatic nitrogens is 1. The van der Waals surface area contributed by atoms with E-state index < -0.39 is 0 Å². The summed E-state index contributed by atoms with van der Waals surface area (Å²) in [5.74, 6) is 0. The number of hydrogen-bond donors (Lipinski definition) is 0. The molecule has 0 amide bonds. The van der Waals surface area contributed by atoms with Gasteiger partial charge in [-0.2, -0.15) is 0 Å². The maximum Gasteiger partial charge on any atom is 0.139 e. The molecule has 0 radical (unpaired) electrons. The fraction of sp³-hybridized carbons (Fsp3) is 0.167. The molecule has 2 heteroatoms. The Kier molecular flexibility index (Phi) is 1.33. The maximum atomic E-state index is 3.95. The van der Waals surface area contributed by atoms with Crippen molar-refractivity contribution < 1.29 is 0 Å². The van der Waals surface area contributed by atoms with Crippen LogP contribution in [0.15, 0.2) is 18.5 Å². The molecule has 8 heavy (non-hydrogen) atoms. The van der Waals surface area contributed by atoms with Gasteiger partial charge in [0, 0.05) is 12.4 Å². The minimum absolute atomic E-state index is 1.26. The molecular weight excluding hydrogens is 96.9 g/mol. The highest BCUT2D eigenvalue weighted by Gasteiger charge is 1.85. The van der Waals surface area contributed by atoms with Crippen LogP contribution in [0.2, 0.25) is 0 Å². The summed E-state index contributed by atoms with van der Waals surface area (Å²) in [5, 5.41) is 0. The van der Waals surface area contributed by atoms with Crippen molar-refractivity contribution in [1.29, 1.82) is 0 Å². The van der Waals surface area contributed by atoms with Crippen molar-refractivity contribution in [2.45, 2.75) is 6.92 Å². The first-order valence-corrected chi connectivity index (χ1v) is 2.68. The van der Waals surface area contributed by atoms with E-state index >= 15 is 0 Å². The van der Waals surface area contributed by atoms with Crippen LogP contribution in [0.4, 0.5) is 0 Å². The highest BCUT2D eigenvalue weighted by atomic mass is 14.6. The Morgan fingerprint density at radius 3 is 2.75 bits per heavy atom. The number of pyridine rings is 1. The van der Waals surface area contributed by atoms with E-state index in [0.717, 1.165) is 0 Å². The third kappa shape index (κ3) is 0.888. The van der Waals surface area contributed by atoms with Crippen LogP contribution in [0.3, 0.4) is 0 Å².